The first-order valence-electron chi connectivity index (χ1n) is 7.09. The van der Waals surface area contributed by atoms with Crippen LogP contribution in [-0.4, -0.2) is 34.7 Å². The molecule has 0 spiro atoms. The maximum atomic E-state index is 12.0. The number of nitrogens with zero attached hydrogens (tertiary/aromatic N) is 1. The molecule has 0 aliphatic carbocycles. The summed E-state index contributed by atoms with van der Waals surface area (Å²) in [4.78, 5) is 36.9. The van der Waals surface area contributed by atoms with Gasteiger partial charge in [-0.2, -0.15) is 0 Å². The lowest BCUT2D eigenvalue weighted by molar-refractivity contribution is -0.141. The molecule has 0 saturated carbocycles. The summed E-state index contributed by atoms with van der Waals surface area (Å²) >= 11 is 0. The van der Waals surface area contributed by atoms with Gasteiger partial charge in [0.2, 0.25) is 11.8 Å². The average molecular weight is 292 g/mol. The smallest absolute Gasteiger partial charge is 0.252 e. The molecule has 0 bridgehead atoms. The number of aryl methyl sites for hydroxylation is 2. The zero-order valence-electron chi connectivity index (χ0n) is 12.5. The van der Waals surface area contributed by atoms with Gasteiger partial charge in [0.05, 0.1) is 6.42 Å². The first kappa shape index (κ1) is 15.3. The molecule has 0 aromatic carbocycles. The quantitative estimate of drug-likeness (QED) is 0.826. The fourth-order valence-electron chi connectivity index (χ4n) is 2.43. The summed E-state index contributed by atoms with van der Waals surface area (Å²) in [5.41, 5.74) is 0. The second kappa shape index (κ2) is 6.11. The van der Waals surface area contributed by atoms with Gasteiger partial charge >= 0.3 is 0 Å². The summed E-state index contributed by atoms with van der Waals surface area (Å²) in [6.07, 6.45) is 0.748. The Kier molecular flexibility index (Phi) is 4.45. The molecule has 6 heteroatoms. The van der Waals surface area contributed by atoms with Crippen molar-refractivity contribution in [1.82, 2.24) is 10.2 Å². The number of likely N-dealkylation sites (tertiary alicyclic amines) is 1. The summed E-state index contributed by atoms with van der Waals surface area (Å²) in [7, 11) is 0. The third-order valence-electron chi connectivity index (χ3n) is 3.43. The number of nitrogens with one attached hydrogen (secondary N) is 1. The number of carbonyl (C=O) groups is 3. The predicted octanol–water partition coefficient (Wildman–Crippen LogP) is 1.17. The molecule has 3 amide bonds. The van der Waals surface area contributed by atoms with E-state index in [4.69, 9.17) is 4.42 Å². The average Bonchev–Trinajstić information content (AvgIpc) is 2.91. The highest BCUT2D eigenvalue weighted by atomic mass is 16.3. The van der Waals surface area contributed by atoms with Crippen molar-refractivity contribution in [2.24, 2.45) is 0 Å². The summed E-state index contributed by atoms with van der Waals surface area (Å²) < 4.78 is 5.38. The molecule has 1 N–H and O–H groups in total. The topological polar surface area (TPSA) is 79.6 Å². The fourth-order valence-corrected chi connectivity index (χ4v) is 2.43. The molecule has 6 nitrogen and oxygen atoms in total. The number of hydrogen-bond donors (Lipinski definition) is 1. The number of imide groups is 1. The van der Waals surface area contributed by atoms with Gasteiger partial charge in [0, 0.05) is 18.9 Å². The molecular formula is C15H20N2O4. The minimum absolute atomic E-state index is 0.0443. The van der Waals surface area contributed by atoms with Gasteiger partial charge in [-0.05, 0) is 32.9 Å². The number of carbonyl (C=O) groups excluding carboxylic acids is 3. The Morgan fingerprint density at radius 3 is 2.67 bits per heavy atom. The van der Waals surface area contributed by atoms with E-state index >= 15 is 0 Å². The van der Waals surface area contributed by atoms with E-state index in [2.05, 4.69) is 5.32 Å². The zero-order valence-corrected chi connectivity index (χ0v) is 12.5. The Bertz CT molecular complexity index is 562. The van der Waals surface area contributed by atoms with E-state index in [0.29, 0.717) is 6.42 Å². The van der Waals surface area contributed by atoms with Crippen LogP contribution in [0, 0.1) is 6.92 Å². The highest BCUT2D eigenvalue weighted by Crippen LogP contribution is 2.16. The molecule has 1 fully saturated rings. The Labute approximate surface area is 123 Å². The van der Waals surface area contributed by atoms with Gasteiger partial charge in [-0.3, -0.25) is 19.3 Å². The molecule has 1 aromatic heterocycles. The fraction of sp³-hybridized carbons (Fsp3) is 0.533. The van der Waals surface area contributed by atoms with Crippen LogP contribution in [0.2, 0.25) is 0 Å². The molecule has 2 rings (SSSR count). The van der Waals surface area contributed by atoms with Crippen molar-refractivity contribution in [3.8, 4) is 0 Å². The van der Waals surface area contributed by atoms with Gasteiger partial charge in [-0.1, -0.05) is 0 Å². The van der Waals surface area contributed by atoms with Crippen molar-refractivity contribution < 1.29 is 18.8 Å². The highest BCUT2D eigenvalue weighted by molar-refractivity contribution is 6.07. The van der Waals surface area contributed by atoms with E-state index < -0.39 is 6.04 Å². The van der Waals surface area contributed by atoms with Crippen LogP contribution in [0.3, 0.4) is 0 Å². The van der Waals surface area contributed by atoms with Crippen molar-refractivity contribution in [2.75, 3.05) is 0 Å². The summed E-state index contributed by atoms with van der Waals surface area (Å²) in [5, 5.41) is 2.63. The SMILES string of the molecule is Cc1ccc(CCC(=O)NC2CC(=O)N(C(C)C)C2=O)o1. The zero-order chi connectivity index (χ0) is 15.6. The molecule has 1 atom stereocenters. The van der Waals surface area contributed by atoms with Crippen molar-refractivity contribution in [2.45, 2.75) is 52.1 Å². The minimum atomic E-state index is -0.731. The first-order chi connectivity index (χ1) is 9.88. The molecule has 1 unspecified atom stereocenters. The third-order valence-corrected chi connectivity index (χ3v) is 3.43. The monoisotopic (exact) mass is 292 g/mol. The summed E-state index contributed by atoms with van der Waals surface area (Å²) in [6.45, 7) is 5.39. The normalized spacial score (nSPS) is 18.7. The second-order valence-electron chi connectivity index (χ2n) is 5.53. The molecule has 1 aliphatic rings. The molecule has 21 heavy (non-hydrogen) atoms. The molecule has 2 heterocycles. The van der Waals surface area contributed by atoms with E-state index in [1.165, 1.54) is 4.90 Å². The number of hydrogen-bond acceptors (Lipinski definition) is 4. The molecule has 114 valence electrons. The van der Waals surface area contributed by atoms with Gasteiger partial charge in [0.15, 0.2) is 0 Å². The predicted molar refractivity (Wildman–Crippen MR) is 75.3 cm³/mol. The summed E-state index contributed by atoms with van der Waals surface area (Å²) in [5.74, 6) is 0.731. The second-order valence-corrected chi connectivity index (χ2v) is 5.53. The number of furan rings is 1. The summed E-state index contributed by atoms with van der Waals surface area (Å²) in [6, 6.07) is 2.75. The third kappa shape index (κ3) is 3.51. The van der Waals surface area contributed by atoms with Crippen LogP contribution in [0.25, 0.3) is 0 Å². The standard InChI is InChI=1S/C15H20N2O4/c1-9(2)17-14(19)8-12(15(17)20)16-13(18)7-6-11-5-4-10(3)21-11/h4-5,9,12H,6-8H2,1-3H3,(H,16,18). The van der Waals surface area contributed by atoms with Crippen LogP contribution in [0.1, 0.15) is 38.2 Å². The van der Waals surface area contributed by atoms with Crippen LogP contribution < -0.4 is 5.32 Å². The van der Waals surface area contributed by atoms with E-state index in [0.717, 1.165) is 11.5 Å². The van der Waals surface area contributed by atoms with Gasteiger partial charge in [0.1, 0.15) is 17.6 Å². The molecule has 1 saturated heterocycles. The molecule has 1 aliphatic heterocycles. The van der Waals surface area contributed by atoms with Gasteiger partial charge in [-0.25, -0.2) is 0 Å². The van der Waals surface area contributed by atoms with E-state index in [9.17, 15) is 14.4 Å². The highest BCUT2D eigenvalue weighted by Gasteiger charge is 2.40. The Morgan fingerprint density at radius 2 is 2.14 bits per heavy atom. The van der Waals surface area contributed by atoms with Crippen LogP contribution in [0.15, 0.2) is 16.5 Å². The van der Waals surface area contributed by atoms with E-state index in [-0.39, 0.29) is 36.6 Å². The lowest BCUT2D eigenvalue weighted by atomic mass is 10.2. The van der Waals surface area contributed by atoms with Gasteiger partial charge in [0.25, 0.3) is 5.91 Å². The first-order valence-corrected chi connectivity index (χ1v) is 7.09. The van der Waals surface area contributed by atoms with Crippen molar-refractivity contribution in [3.05, 3.63) is 23.7 Å². The maximum Gasteiger partial charge on any atom is 0.252 e. The van der Waals surface area contributed by atoms with Crippen molar-refractivity contribution in [1.29, 1.82) is 0 Å². The van der Waals surface area contributed by atoms with Gasteiger partial charge in [-0.15, -0.1) is 0 Å². The number of amides is 3. The van der Waals surface area contributed by atoms with E-state index in [1.54, 1.807) is 13.8 Å². The van der Waals surface area contributed by atoms with Gasteiger partial charge < -0.3 is 9.73 Å². The van der Waals surface area contributed by atoms with Crippen LogP contribution in [0.4, 0.5) is 0 Å². The minimum Gasteiger partial charge on any atom is -0.466 e. The molecular weight excluding hydrogens is 272 g/mol. The molecule has 1 aromatic rings. The molecule has 0 radical (unpaired) electrons. The Balaban J connectivity index is 1.86. The lowest BCUT2D eigenvalue weighted by Gasteiger charge is -2.19. The number of rotatable bonds is 5. The van der Waals surface area contributed by atoms with Crippen LogP contribution in [-0.2, 0) is 20.8 Å². The van der Waals surface area contributed by atoms with Crippen molar-refractivity contribution >= 4 is 17.7 Å². The van der Waals surface area contributed by atoms with Crippen LogP contribution >= 0.6 is 0 Å². The van der Waals surface area contributed by atoms with E-state index in [1.807, 2.05) is 19.1 Å². The maximum absolute atomic E-state index is 12.0. The van der Waals surface area contributed by atoms with Crippen LogP contribution in [0.5, 0.6) is 0 Å². The Hall–Kier alpha value is -2.11. The lowest BCUT2D eigenvalue weighted by Crippen LogP contribution is -2.43. The Morgan fingerprint density at radius 1 is 1.43 bits per heavy atom. The van der Waals surface area contributed by atoms with Crippen molar-refractivity contribution in [3.63, 3.8) is 0 Å². The largest absolute Gasteiger partial charge is 0.466 e.